The lowest BCUT2D eigenvalue weighted by Gasteiger charge is -2.09. The van der Waals surface area contributed by atoms with Crippen LogP contribution in [0.5, 0.6) is 0 Å². The fraction of sp³-hybridized carbons (Fsp3) is 0.500. The molecule has 0 aromatic carbocycles. The van der Waals surface area contributed by atoms with Crippen molar-refractivity contribution >= 4 is 36.8 Å². The van der Waals surface area contributed by atoms with Gasteiger partial charge in [0.25, 0.3) is 0 Å². The summed E-state index contributed by atoms with van der Waals surface area (Å²) in [5.74, 6) is -0.564. The van der Waals surface area contributed by atoms with Crippen LogP contribution < -0.4 is 0 Å². The zero-order chi connectivity index (χ0) is 11.2. The van der Waals surface area contributed by atoms with E-state index in [4.69, 9.17) is 9.79 Å². The Morgan fingerprint density at radius 2 is 2.29 bits per heavy atom. The minimum atomic E-state index is -4.19. The molecule has 0 saturated heterocycles. The van der Waals surface area contributed by atoms with Crippen molar-refractivity contribution in [3.63, 3.8) is 0 Å². The molecule has 0 heterocycles. The zero-order valence-electron chi connectivity index (χ0n) is 7.20. The number of carbonyl (C=O) groups is 1. The summed E-state index contributed by atoms with van der Waals surface area (Å²) in [6.07, 6.45) is 1.24. The first-order chi connectivity index (χ1) is 6.35. The van der Waals surface area contributed by atoms with Gasteiger partial charge in [-0.25, -0.2) is 4.57 Å². The van der Waals surface area contributed by atoms with E-state index in [0.29, 0.717) is 11.4 Å². The molecule has 0 radical (unpaired) electrons. The Kier molecular flexibility index (Phi) is 6.55. The highest BCUT2D eigenvalue weighted by molar-refractivity contribution is 8.56. The molecule has 0 spiro atoms. The molecule has 1 atom stereocenters. The van der Waals surface area contributed by atoms with Crippen LogP contribution in [0.2, 0.25) is 0 Å². The molecule has 2 N–H and O–H groups in total. The first kappa shape index (κ1) is 14.1. The maximum Gasteiger partial charge on any atom is 0.385 e. The highest BCUT2D eigenvalue weighted by Gasteiger charge is 2.22. The van der Waals surface area contributed by atoms with Gasteiger partial charge in [0.15, 0.2) is 0 Å². The average molecular weight is 258 g/mol. The maximum atomic E-state index is 10.9. The van der Waals surface area contributed by atoms with Crippen molar-refractivity contribution in [1.82, 2.24) is 0 Å². The van der Waals surface area contributed by atoms with Gasteiger partial charge >= 0.3 is 12.8 Å². The molecule has 0 aromatic rings. The van der Waals surface area contributed by atoms with Gasteiger partial charge in [0.05, 0.1) is 11.0 Å². The number of ether oxygens (including phenoxy) is 1. The minimum Gasteiger partial charge on any atom is -0.461 e. The SMILES string of the molecule is C=CCOC(=O)CC(S)SP(=O)(O)O. The molecular weight excluding hydrogens is 247 g/mol. The quantitative estimate of drug-likeness (QED) is 0.218. The normalized spacial score (nSPS) is 13.4. The molecule has 0 aliphatic rings. The number of carbonyl (C=O) groups excluding carboxylic acids is 1. The smallest absolute Gasteiger partial charge is 0.385 e. The van der Waals surface area contributed by atoms with Crippen molar-refractivity contribution < 1.29 is 23.9 Å². The summed E-state index contributed by atoms with van der Waals surface area (Å²) in [5, 5.41) is 0. The monoisotopic (exact) mass is 258 g/mol. The molecule has 0 aliphatic heterocycles. The van der Waals surface area contributed by atoms with Gasteiger partial charge in [0.2, 0.25) is 0 Å². The Morgan fingerprint density at radius 3 is 2.71 bits per heavy atom. The highest BCUT2D eigenvalue weighted by Crippen LogP contribution is 2.54. The summed E-state index contributed by atoms with van der Waals surface area (Å²) in [6.45, 7) is -0.763. The molecule has 82 valence electrons. The lowest BCUT2D eigenvalue weighted by atomic mass is 10.5. The summed E-state index contributed by atoms with van der Waals surface area (Å²) in [5.41, 5.74) is 0. The predicted octanol–water partition coefficient (Wildman–Crippen LogP) is 1.19. The zero-order valence-corrected chi connectivity index (χ0v) is 9.80. The number of rotatable bonds is 6. The molecular formula is C6H11O5PS2. The molecule has 0 amide bonds. The predicted molar refractivity (Wildman–Crippen MR) is 58.2 cm³/mol. The van der Waals surface area contributed by atoms with E-state index in [9.17, 15) is 9.36 Å². The van der Waals surface area contributed by atoms with Gasteiger partial charge in [-0.3, -0.25) is 4.79 Å². The summed E-state index contributed by atoms with van der Waals surface area (Å²) >= 11 is 4.15. The Labute approximate surface area is 91.2 Å². The number of esters is 1. The molecule has 0 fully saturated rings. The van der Waals surface area contributed by atoms with E-state index in [1.165, 1.54) is 6.08 Å². The third-order valence-electron chi connectivity index (χ3n) is 0.962. The van der Waals surface area contributed by atoms with Crippen molar-refractivity contribution in [3.05, 3.63) is 12.7 Å². The van der Waals surface area contributed by atoms with Crippen LogP contribution in [0.3, 0.4) is 0 Å². The first-order valence-electron chi connectivity index (χ1n) is 3.53. The van der Waals surface area contributed by atoms with E-state index < -0.39 is 17.3 Å². The van der Waals surface area contributed by atoms with E-state index in [0.717, 1.165) is 0 Å². The molecule has 0 rings (SSSR count). The lowest BCUT2D eigenvalue weighted by molar-refractivity contribution is -0.141. The van der Waals surface area contributed by atoms with Crippen LogP contribution in [-0.4, -0.2) is 26.9 Å². The average Bonchev–Trinajstić information content (AvgIpc) is 1.96. The summed E-state index contributed by atoms with van der Waals surface area (Å²) in [7, 11) is 0. The van der Waals surface area contributed by atoms with E-state index in [-0.39, 0.29) is 13.0 Å². The third kappa shape index (κ3) is 8.65. The summed E-state index contributed by atoms with van der Waals surface area (Å²) in [6, 6.07) is 0. The van der Waals surface area contributed by atoms with Crippen molar-refractivity contribution in [2.24, 2.45) is 0 Å². The van der Waals surface area contributed by atoms with Gasteiger partial charge in [-0.1, -0.05) is 12.7 Å². The van der Waals surface area contributed by atoms with Crippen molar-refractivity contribution in [2.45, 2.75) is 11.0 Å². The molecule has 8 heteroatoms. The Morgan fingerprint density at radius 1 is 1.71 bits per heavy atom. The fourth-order valence-electron chi connectivity index (χ4n) is 0.549. The van der Waals surface area contributed by atoms with Crippen LogP contribution in [0.4, 0.5) is 0 Å². The van der Waals surface area contributed by atoms with Crippen molar-refractivity contribution in [2.75, 3.05) is 6.61 Å². The largest absolute Gasteiger partial charge is 0.461 e. The van der Waals surface area contributed by atoms with Gasteiger partial charge in [-0.2, -0.15) is 12.6 Å². The summed E-state index contributed by atoms with van der Waals surface area (Å²) in [4.78, 5) is 28.0. The maximum absolute atomic E-state index is 10.9. The van der Waals surface area contributed by atoms with Crippen LogP contribution in [0.15, 0.2) is 12.7 Å². The lowest BCUT2D eigenvalue weighted by Crippen LogP contribution is -2.09. The van der Waals surface area contributed by atoms with Crippen LogP contribution in [-0.2, 0) is 14.1 Å². The number of hydrogen-bond acceptors (Lipinski definition) is 5. The minimum absolute atomic E-state index is 0.0832. The van der Waals surface area contributed by atoms with E-state index >= 15 is 0 Å². The number of thiol groups is 1. The van der Waals surface area contributed by atoms with Crippen molar-refractivity contribution in [1.29, 1.82) is 0 Å². The molecule has 0 aliphatic carbocycles. The summed E-state index contributed by atoms with van der Waals surface area (Å²) < 4.78 is 14.3. The van der Waals surface area contributed by atoms with Gasteiger partial charge in [0, 0.05) is 0 Å². The Balaban J connectivity index is 3.82. The van der Waals surface area contributed by atoms with Crippen LogP contribution in [0.25, 0.3) is 0 Å². The highest BCUT2D eigenvalue weighted by atomic mass is 32.7. The van der Waals surface area contributed by atoms with Gasteiger partial charge in [-0.05, 0) is 11.4 Å². The fourth-order valence-corrected chi connectivity index (χ4v) is 3.51. The third-order valence-corrected chi connectivity index (χ3v) is 4.23. The van der Waals surface area contributed by atoms with E-state index in [1.807, 2.05) is 0 Å². The molecule has 0 saturated carbocycles. The second-order valence-electron chi connectivity index (χ2n) is 2.23. The second kappa shape index (κ2) is 6.53. The van der Waals surface area contributed by atoms with Gasteiger partial charge in [0.1, 0.15) is 6.61 Å². The Hall–Kier alpha value is 0.0600. The molecule has 14 heavy (non-hydrogen) atoms. The topological polar surface area (TPSA) is 83.8 Å². The van der Waals surface area contributed by atoms with Crippen molar-refractivity contribution in [3.8, 4) is 0 Å². The molecule has 1 unspecified atom stereocenters. The standard InChI is InChI=1S/C6H11O5PS2/c1-2-3-11-5(7)4-6(13)14-12(8,9)10/h2,6,13H,1,3-4H2,(H2,8,9,10). The Bertz CT molecular complexity index is 251. The number of hydrogen-bond donors (Lipinski definition) is 3. The van der Waals surface area contributed by atoms with Gasteiger partial charge in [-0.15, -0.1) is 0 Å². The van der Waals surface area contributed by atoms with Gasteiger partial charge < -0.3 is 14.5 Å². The molecule has 0 aromatic heterocycles. The van der Waals surface area contributed by atoms with Crippen LogP contribution in [0, 0.1) is 0 Å². The molecule has 0 bridgehead atoms. The van der Waals surface area contributed by atoms with E-state index in [1.54, 1.807) is 0 Å². The second-order valence-corrected chi connectivity index (χ2v) is 7.02. The van der Waals surface area contributed by atoms with Crippen LogP contribution >= 0.6 is 30.8 Å². The first-order valence-corrected chi connectivity index (χ1v) is 7.15. The van der Waals surface area contributed by atoms with E-state index in [2.05, 4.69) is 23.9 Å². The van der Waals surface area contributed by atoms with Crippen LogP contribution in [0.1, 0.15) is 6.42 Å². The molecule has 5 nitrogen and oxygen atoms in total.